The van der Waals surface area contributed by atoms with Crippen LogP contribution < -0.4 is 10.2 Å². The van der Waals surface area contributed by atoms with Crippen LogP contribution in [0.25, 0.3) is 0 Å². The van der Waals surface area contributed by atoms with Crippen LogP contribution in [0.1, 0.15) is 22.3 Å². The van der Waals surface area contributed by atoms with Gasteiger partial charge in [-0.2, -0.15) is 0 Å². The van der Waals surface area contributed by atoms with E-state index in [2.05, 4.69) is 15.2 Å². The van der Waals surface area contributed by atoms with Crippen LogP contribution >= 0.6 is 0 Å². The number of ketones is 1. The van der Waals surface area contributed by atoms with Crippen molar-refractivity contribution >= 4 is 11.5 Å². The van der Waals surface area contributed by atoms with Crippen molar-refractivity contribution in [1.29, 1.82) is 0 Å². The predicted octanol–water partition coefficient (Wildman–Crippen LogP) is 1.86. The monoisotopic (exact) mass is 279 g/mol. The maximum atomic E-state index is 12.5. The van der Waals surface area contributed by atoms with Crippen molar-refractivity contribution in [3.63, 3.8) is 0 Å². The molecule has 3 heterocycles. The van der Waals surface area contributed by atoms with Crippen LogP contribution in [0, 0.1) is 0 Å². The molecule has 2 bridgehead atoms. The molecule has 4 rings (SSSR count). The van der Waals surface area contributed by atoms with Crippen molar-refractivity contribution < 1.29 is 4.79 Å². The summed E-state index contributed by atoms with van der Waals surface area (Å²) in [6.07, 6.45) is 4.71. The molecule has 0 radical (unpaired) electrons. The fourth-order valence-corrected chi connectivity index (χ4v) is 3.34. The first kappa shape index (κ1) is 12.5. The maximum Gasteiger partial charge on any atom is 0.194 e. The molecule has 4 heteroatoms. The van der Waals surface area contributed by atoms with E-state index in [0.717, 1.165) is 18.8 Å². The molecular weight excluding hydrogens is 262 g/mol. The molecule has 0 aliphatic carbocycles. The minimum absolute atomic E-state index is 0.0347. The van der Waals surface area contributed by atoms with Gasteiger partial charge in [-0.25, -0.2) is 0 Å². The molecule has 4 nitrogen and oxygen atoms in total. The Hall–Kier alpha value is -2.20. The number of aromatic nitrogens is 1. The van der Waals surface area contributed by atoms with Crippen molar-refractivity contribution in [3.8, 4) is 0 Å². The predicted molar refractivity (Wildman–Crippen MR) is 81.7 cm³/mol. The second-order valence-electron chi connectivity index (χ2n) is 5.77. The molecule has 0 saturated carbocycles. The Morgan fingerprint density at radius 1 is 1.19 bits per heavy atom. The third-order valence-electron chi connectivity index (χ3n) is 4.41. The van der Waals surface area contributed by atoms with E-state index in [0.29, 0.717) is 23.2 Å². The van der Waals surface area contributed by atoms with Gasteiger partial charge in [0.05, 0.1) is 11.9 Å². The number of pyridine rings is 1. The third-order valence-corrected chi connectivity index (χ3v) is 4.41. The Kier molecular flexibility index (Phi) is 2.97. The lowest BCUT2D eigenvalue weighted by Crippen LogP contribution is -2.43. The largest absolute Gasteiger partial charge is 0.364 e. The lowest BCUT2D eigenvalue weighted by Gasteiger charge is -2.29. The van der Waals surface area contributed by atoms with Gasteiger partial charge in [-0.05, 0) is 12.5 Å². The summed E-state index contributed by atoms with van der Waals surface area (Å²) in [6, 6.07) is 12.5. The highest BCUT2D eigenvalue weighted by atomic mass is 16.1. The van der Waals surface area contributed by atoms with Crippen molar-refractivity contribution in [2.75, 3.05) is 18.0 Å². The highest BCUT2D eigenvalue weighted by Crippen LogP contribution is 2.29. The number of piperazine rings is 1. The summed E-state index contributed by atoms with van der Waals surface area (Å²) < 4.78 is 0. The van der Waals surface area contributed by atoms with E-state index < -0.39 is 0 Å². The van der Waals surface area contributed by atoms with Gasteiger partial charge in [0.15, 0.2) is 5.78 Å². The van der Waals surface area contributed by atoms with E-state index in [-0.39, 0.29) is 5.78 Å². The number of carbonyl (C=O) groups is 1. The molecule has 21 heavy (non-hydrogen) atoms. The first-order valence-corrected chi connectivity index (χ1v) is 7.36. The number of rotatable bonds is 3. The van der Waals surface area contributed by atoms with E-state index in [4.69, 9.17) is 0 Å². The summed E-state index contributed by atoms with van der Waals surface area (Å²) in [6.45, 7) is 2.04. The van der Waals surface area contributed by atoms with Gasteiger partial charge in [0.25, 0.3) is 0 Å². The average molecular weight is 279 g/mol. The smallest absolute Gasteiger partial charge is 0.194 e. The topological polar surface area (TPSA) is 45.2 Å². The first-order chi connectivity index (χ1) is 10.3. The Bertz CT molecular complexity index is 671. The van der Waals surface area contributed by atoms with Crippen LogP contribution in [-0.4, -0.2) is 35.9 Å². The van der Waals surface area contributed by atoms with Crippen LogP contribution in [0.4, 0.5) is 5.69 Å². The summed E-state index contributed by atoms with van der Waals surface area (Å²) in [4.78, 5) is 19.1. The van der Waals surface area contributed by atoms with Crippen LogP contribution in [0.15, 0.2) is 48.8 Å². The molecule has 1 aromatic carbocycles. The summed E-state index contributed by atoms with van der Waals surface area (Å²) in [5.74, 6) is 0.0347. The van der Waals surface area contributed by atoms with Crippen LogP contribution in [0.2, 0.25) is 0 Å². The van der Waals surface area contributed by atoms with E-state index in [1.165, 1.54) is 6.42 Å². The average Bonchev–Trinajstić information content (AvgIpc) is 3.18. The Labute approximate surface area is 123 Å². The van der Waals surface area contributed by atoms with Gasteiger partial charge in [0.1, 0.15) is 0 Å². The zero-order valence-electron chi connectivity index (χ0n) is 11.7. The number of carbonyl (C=O) groups excluding carboxylic acids is 1. The van der Waals surface area contributed by atoms with Gasteiger partial charge in [0.2, 0.25) is 0 Å². The maximum absolute atomic E-state index is 12.5. The van der Waals surface area contributed by atoms with E-state index >= 15 is 0 Å². The minimum atomic E-state index is 0.0347. The Morgan fingerprint density at radius 3 is 2.76 bits per heavy atom. The SMILES string of the molecule is O=C(c1ccccc1)c1cncc(N2C[C@@H]3C[C@H]2CN3)c1. The summed E-state index contributed by atoms with van der Waals surface area (Å²) in [7, 11) is 0. The van der Waals surface area contributed by atoms with E-state index in [1.807, 2.05) is 42.6 Å². The molecule has 2 fully saturated rings. The van der Waals surface area contributed by atoms with Crippen LogP contribution in [0.3, 0.4) is 0 Å². The first-order valence-electron chi connectivity index (χ1n) is 7.36. The molecule has 1 aromatic heterocycles. The molecule has 1 N–H and O–H groups in total. The van der Waals surface area contributed by atoms with Crippen molar-refractivity contribution in [1.82, 2.24) is 10.3 Å². The summed E-state index contributed by atoms with van der Waals surface area (Å²) in [5.41, 5.74) is 2.43. The molecule has 2 atom stereocenters. The highest BCUT2D eigenvalue weighted by Gasteiger charge is 2.37. The van der Waals surface area contributed by atoms with Gasteiger partial charge in [0, 0.05) is 42.5 Å². The Balaban J connectivity index is 1.63. The highest BCUT2D eigenvalue weighted by molar-refractivity contribution is 6.09. The number of hydrogen-bond acceptors (Lipinski definition) is 4. The Morgan fingerprint density at radius 2 is 2.05 bits per heavy atom. The second-order valence-corrected chi connectivity index (χ2v) is 5.77. The van der Waals surface area contributed by atoms with Gasteiger partial charge in [-0.1, -0.05) is 30.3 Å². The third kappa shape index (κ3) is 2.21. The number of hydrogen-bond donors (Lipinski definition) is 1. The zero-order valence-corrected chi connectivity index (χ0v) is 11.7. The van der Waals surface area contributed by atoms with Crippen molar-refractivity contribution in [2.24, 2.45) is 0 Å². The van der Waals surface area contributed by atoms with Gasteiger partial charge < -0.3 is 10.2 Å². The fraction of sp³-hybridized carbons (Fsp3) is 0.294. The van der Waals surface area contributed by atoms with Crippen molar-refractivity contribution in [3.05, 3.63) is 59.9 Å². The lowest BCUT2D eigenvalue weighted by molar-refractivity contribution is 0.103. The molecule has 2 aliphatic rings. The van der Waals surface area contributed by atoms with Crippen molar-refractivity contribution in [2.45, 2.75) is 18.5 Å². The molecular formula is C17H17N3O. The minimum Gasteiger partial charge on any atom is -0.364 e. The van der Waals surface area contributed by atoms with E-state index in [1.54, 1.807) is 6.20 Å². The summed E-state index contributed by atoms with van der Waals surface area (Å²) in [5, 5.41) is 3.49. The quantitative estimate of drug-likeness (QED) is 0.871. The molecule has 0 amide bonds. The van der Waals surface area contributed by atoms with Gasteiger partial charge in [-0.15, -0.1) is 0 Å². The standard InChI is InChI=1S/C17H17N3O/c21-17(12-4-2-1-3-5-12)13-6-15(9-18-8-13)20-11-14-7-16(20)10-19-14/h1-6,8-9,14,16,19H,7,10-11H2/t14-,16-/m0/s1. The number of nitrogens with zero attached hydrogens (tertiary/aromatic N) is 2. The molecule has 2 saturated heterocycles. The molecule has 2 aliphatic heterocycles. The molecule has 0 unspecified atom stereocenters. The number of nitrogens with one attached hydrogen (secondary N) is 1. The zero-order chi connectivity index (χ0) is 14.2. The van der Waals surface area contributed by atoms with Gasteiger partial charge in [-0.3, -0.25) is 9.78 Å². The normalized spacial score (nSPS) is 23.5. The molecule has 0 spiro atoms. The number of anilines is 1. The van der Waals surface area contributed by atoms with Crippen LogP contribution in [-0.2, 0) is 0 Å². The lowest BCUT2D eigenvalue weighted by atomic mass is 10.0. The molecule has 2 aromatic rings. The van der Waals surface area contributed by atoms with Crippen LogP contribution in [0.5, 0.6) is 0 Å². The molecule has 106 valence electrons. The van der Waals surface area contributed by atoms with Gasteiger partial charge >= 0.3 is 0 Å². The second kappa shape index (κ2) is 4.97. The number of benzene rings is 1. The van der Waals surface area contributed by atoms with E-state index in [9.17, 15) is 4.79 Å². The fourth-order valence-electron chi connectivity index (χ4n) is 3.34. The number of fused-ring (bicyclic) bond motifs is 2. The summed E-state index contributed by atoms with van der Waals surface area (Å²) >= 11 is 0.